The minimum Gasteiger partial charge on any atom is -0.497 e. The monoisotopic (exact) mass is 372 g/mol. The second kappa shape index (κ2) is 7.32. The first-order valence-electron chi connectivity index (χ1n) is 8.48. The first kappa shape index (κ1) is 17.4. The van der Waals surface area contributed by atoms with E-state index in [2.05, 4.69) is 15.0 Å². The molecule has 7 heteroatoms. The smallest absolute Gasteiger partial charge is 0.336 e. The van der Waals surface area contributed by atoms with Crippen molar-refractivity contribution in [3.63, 3.8) is 0 Å². The van der Waals surface area contributed by atoms with Gasteiger partial charge in [-0.2, -0.15) is 0 Å². The third-order valence-corrected chi connectivity index (χ3v) is 4.25. The Bertz CT molecular complexity index is 1170. The van der Waals surface area contributed by atoms with Crippen LogP contribution in [0.2, 0.25) is 0 Å². The Morgan fingerprint density at radius 2 is 2.07 bits per heavy atom. The zero-order chi connectivity index (χ0) is 19.5. The molecule has 0 aliphatic heterocycles. The Balaban J connectivity index is 1.66. The van der Waals surface area contributed by atoms with E-state index in [0.717, 1.165) is 11.4 Å². The highest BCUT2D eigenvalue weighted by atomic mass is 16.5. The van der Waals surface area contributed by atoms with E-state index in [4.69, 9.17) is 4.74 Å². The van der Waals surface area contributed by atoms with Gasteiger partial charge in [0.15, 0.2) is 0 Å². The van der Waals surface area contributed by atoms with Crippen LogP contribution in [-0.2, 0) is 0 Å². The van der Waals surface area contributed by atoms with E-state index in [1.54, 1.807) is 49.1 Å². The number of rotatable bonds is 5. The van der Waals surface area contributed by atoms with Gasteiger partial charge >= 0.3 is 5.97 Å². The predicted molar refractivity (Wildman–Crippen MR) is 106 cm³/mol. The molecule has 28 heavy (non-hydrogen) atoms. The maximum Gasteiger partial charge on any atom is 0.336 e. The lowest BCUT2D eigenvalue weighted by Crippen LogP contribution is -2.00. The minimum absolute atomic E-state index is 0.178. The molecule has 0 saturated carbocycles. The third-order valence-electron chi connectivity index (χ3n) is 4.25. The molecular weight excluding hydrogens is 356 g/mol. The van der Waals surface area contributed by atoms with Crippen LogP contribution in [0.15, 0.2) is 61.3 Å². The van der Waals surface area contributed by atoms with Gasteiger partial charge in [0.25, 0.3) is 0 Å². The lowest BCUT2D eigenvalue weighted by Gasteiger charge is -2.07. The Hall–Kier alpha value is -4.00. The van der Waals surface area contributed by atoms with Crippen LogP contribution in [0.1, 0.15) is 21.6 Å². The van der Waals surface area contributed by atoms with E-state index in [9.17, 15) is 9.90 Å². The second-order valence-electron chi connectivity index (χ2n) is 6.04. The first-order valence-corrected chi connectivity index (χ1v) is 8.48. The number of benzene rings is 1. The molecule has 0 saturated heterocycles. The lowest BCUT2D eigenvalue weighted by atomic mass is 10.1. The number of carboxylic acids is 1. The molecule has 0 bridgehead atoms. The Morgan fingerprint density at radius 1 is 1.18 bits per heavy atom. The number of imidazole rings is 1. The van der Waals surface area contributed by atoms with E-state index >= 15 is 0 Å². The van der Waals surface area contributed by atoms with Crippen molar-refractivity contribution in [1.82, 2.24) is 19.5 Å². The van der Waals surface area contributed by atoms with Crippen LogP contribution in [0.25, 0.3) is 28.9 Å². The molecule has 3 aromatic heterocycles. The fraction of sp³-hybridized carbons (Fsp3) is 0.0476. The van der Waals surface area contributed by atoms with Gasteiger partial charge in [-0.05, 0) is 48.0 Å². The molecule has 0 fully saturated rings. The lowest BCUT2D eigenvalue weighted by molar-refractivity contribution is 0.0699. The third kappa shape index (κ3) is 3.45. The SMILES string of the molecule is COc1ccc2nc(C=Cc3ccc(-n4ccnc4)nc3)cc(C(=O)O)c2c1. The standard InChI is InChI=1S/C21H16N4O3/c1-28-16-5-6-19-17(11-16)18(21(26)27)10-15(24-19)4-2-14-3-7-20(23-12-14)25-9-8-22-13-25/h2-13H,1H3,(H,26,27). The Kier molecular flexibility index (Phi) is 4.55. The first-order chi connectivity index (χ1) is 13.6. The van der Waals surface area contributed by atoms with Crippen molar-refractivity contribution in [2.24, 2.45) is 0 Å². The number of aromatic nitrogens is 4. The van der Waals surface area contributed by atoms with E-state index < -0.39 is 5.97 Å². The summed E-state index contributed by atoms with van der Waals surface area (Å²) in [6.45, 7) is 0. The average Bonchev–Trinajstić information content (AvgIpc) is 3.26. The number of carbonyl (C=O) groups is 1. The zero-order valence-electron chi connectivity index (χ0n) is 15.0. The number of carboxylic acid groups (broad SMARTS) is 1. The fourth-order valence-corrected chi connectivity index (χ4v) is 2.84. The predicted octanol–water partition coefficient (Wildman–Crippen LogP) is 3.69. The molecule has 0 aliphatic carbocycles. The highest BCUT2D eigenvalue weighted by Crippen LogP contribution is 2.24. The van der Waals surface area contributed by atoms with Gasteiger partial charge in [0, 0.05) is 24.0 Å². The van der Waals surface area contributed by atoms with Crippen molar-refractivity contribution in [1.29, 1.82) is 0 Å². The van der Waals surface area contributed by atoms with Gasteiger partial charge in [-0.1, -0.05) is 6.08 Å². The Morgan fingerprint density at radius 3 is 2.75 bits per heavy atom. The molecule has 0 radical (unpaired) electrons. The summed E-state index contributed by atoms with van der Waals surface area (Å²) in [4.78, 5) is 24.6. The maximum atomic E-state index is 11.7. The zero-order valence-corrected chi connectivity index (χ0v) is 15.0. The van der Waals surface area contributed by atoms with Crippen molar-refractivity contribution in [2.75, 3.05) is 7.11 Å². The highest BCUT2D eigenvalue weighted by Gasteiger charge is 2.12. The van der Waals surface area contributed by atoms with Crippen LogP contribution in [0, 0.1) is 0 Å². The van der Waals surface area contributed by atoms with E-state index in [1.165, 1.54) is 7.11 Å². The Labute approximate surface area is 160 Å². The van der Waals surface area contributed by atoms with Gasteiger partial charge in [0.05, 0.1) is 23.9 Å². The van der Waals surface area contributed by atoms with Crippen LogP contribution >= 0.6 is 0 Å². The fourth-order valence-electron chi connectivity index (χ4n) is 2.84. The number of ether oxygens (including phenoxy) is 1. The van der Waals surface area contributed by atoms with Gasteiger partial charge in [0.2, 0.25) is 0 Å². The summed E-state index contributed by atoms with van der Waals surface area (Å²) in [6.07, 6.45) is 10.5. The molecule has 0 aliphatic rings. The summed E-state index contributed by atoms with van der Waals surface area (Å²) in [5, 5.41) is 10.1. The molecule has 1 aromatic carbocycles. The molecule has 4 rings (SSSR count). The van der Waals surface area contributed by atoms with Gasteiger partial charge in [-0.25, -0.2) is 19.7 Å². The molecule has 4 aromatic rings. The summed E-state index contributed by atoms with van der Waals surface area (Å²) in [5.74, 6) is 0.339. The van der Waals surface area contributed by atoms with Crippen molar-refractivity contribution >= 4 is 29.0 Å². The second-order valence-corrected chi connectivity index (χ2v) is 6.04. The largest absolute Gasteiger partial charge is 0.497 e. The molecule has 1 N–H and O–H groups in total. The van der Waals surface area contributed by atoms with Crippen LogP contribution in [0.3, 0.4) is 0 Å². The van der Waals surface area contributed by atoms with E-state index in [1.807, 2.05) is 29.0 Å². The molecule has 0 spiro atoms. The summed E-state index contributed by atoms with van der Waals surface area (Å²) < 4.78 is 6.99. The van der Waals surface area contributed by atoms with Gasteiger partial charge in [-0.3, -0.25) is 4.57 Å². The van der Waals surface area contributed by atoms with E-state index in [0.29, 0.717) is 22.3 Å². The topological polar surface area (TPSA) is 90.1 Å². The van der Waals surface area contributed by atoms with Gasteiger partial charge in [0.1, 0.15) is 17.9 Å². The van der Waals surface area contributed by atoms with Gasteiger partial charge < -0.3 is 9.84 Å². The normalized spacial score (nSPS) is 11.2. The summed E-state index contributed by atoms with van der Waals surface area (Å²) in [6, 6.07) is 10.5. The minimum atomic E-state index is -1.01. The van der Waals surface area contributed by atoms with Crippen LogP contribution in [0.5, 0.6) is 5.75 Å². The molecular formula is C21H16N4O3. The number of nitrogens with zero attached hydrogens (tertiary/aromatic N) is 4. The van der Waals surface area contributed by atoms with Crippen LogP contribution in [0.4, 0.5) is 0 Å². The molecule has 0 amide bonds. The van der Waals surface area contributed by atoms with Crippen molar-refractivity contribution < 1.29 is 14.6 Å². The molecule has 7 nitrogen and oxygen atoms in total. The van der Waals surface area contributed by atoms with Crippen LogP contribution < -0.4 is 4.74 Å². The number of methoxy groups -OCH3 is 1. The number of aromatic carboxylic acids is 1. The van der Waals surface area contributed by atoms with Crippen molar-refractivity contribution in [3.05, 3.63) is 78.1 Å². The number of hydrogen-bond donors (Lipinski definition) is 1. The maximum absolute atomic E-state index is 11.7. The van der Waals surface area contributed by atoms with Crippen LogP contribution in [-0.4, -0.2) is 37.7 Å². The summed E-state index contributed by atoms with van der Waals surface area (Å²) >= 11 is 0. The molecule has 0 unspecified atom stereocenters. The molecule has 3 heterocycles. The summed E-state index contributed by atoms with van der Waals surface area (Å²) in [7, 11) is 1.54. The van der Waals surface area contributed by atoms with Crippen molar-refractivity contribution in [2.45, 2.75) is 0 Å². The number of fused-ring (bicyclic) bond motifs is 1. The van der Waals surface area contributed by atoms with Crippen molar-refractivity contribution in [3.8, 4) is 11.6 Å². The summed E-state index contributed by atoms with van der Waals surface area (Å²) in [5.41, 5.74) is 2.19. The van der Waals surface area contributed by atoms with E-state index in [-0.39, 0.29) is 5.56 Å². The quantitative estimate of drug-likeness (QED) is 0.575. The highest BCUT2D eigenvalue weighted by molar-refractivity contribution is 6.03. The van der Waals surface area contributed by atoms with Gasteiger partial charge in [-0.15, -0.1) is 0 Å². The number of hydrogen-bond acceptors (Lipinski definition) is 5. The number of pyridine rings is 2. The molecule has 138 valence electrons. The molecule has 0 atom stereocenters. The average molecular weight is 372 g/mol.